The highest BCUT2D eigenvalue weighted by molar-refractivity contribution is 9.10. The predicted molar refractivity (Wildman–Crippen MR) is 52.1 cm³/mol. The fourth-order valence-electron chi connectivity index (χ4n) is 0.889. The maximum Gasteiger partial charge on any atom is 0.0560 e. The molecule has 0 fully saturated rings. The van der Waals surface area contributed by atoms with Gasteiger partial charge in [-0.2, -0.15) is 0 Å². The van der Waals surface area contributed by atoms with Gasteiger partial charge in [0, 0.05) is 15.8 Å². The van der Waals surface area contributed by atoms with Crippen LogP contribution in [0.5, 0.6) is 0 Å². The summed E-state index contributed by atoms with van der Waals surface area (Å²) in [5.41, 5.74) is 1.26. The van der Waals surface area contributed by atoms with Crippen LogP contribution in [0.3, 0.4) is 0 Å². The van der Waals surface area contributed by atoms with Crippen LogP contribution >= 0.6 is 27.3 Å². The monoisotopic (exact) mass is 234 g/mol. The smallest absolute Gasteiger partial charge is 0.0560 e. The summed E-state index contributed by atoms with van der Waals surface area (Å²) in [6.45, 7) is 3.87. The summed E-state index contributed by atoms with van der Waals surface area (Å²) in [6, 6.07) is 0. The highest BCUT2D eigenvalue weighted by Crippen LogP contribution is 2.28. The zero-order valence-electron chi connectivity index (χ0n) is 6.60. The number of rotatable bonds is 2. The molecule has 0 aliphatic rings. The third-order valence-electron chi connectivity index (χ3n) is 1.45. The number of thiophene rings is 1. The number of halogens is 1. The molecule has 62 valence electrons. The lowest BCUT2D eigenvalue weighted by Gasteiger charge is -2.01. The van der Waals surface area contributed by atoms with Crippen LogP contribution in [0.15, 0.2) is 9.85 Å². The van der Waals surface area contributed by atoms with Gasteiger partial charge in [-0.1, -0.05) is 0 Å². The third-order valence-corrected chi connectivity index (χ3v) is 3.94. The molecule has 0 unspecified atom stereocenters. The number of aliphatic hydroxyl groups is 1. The van der Waals surface area contributed by atoms with Crippen molar-refractivity contribution in [2.75, 3.05) is 0 Å². The lowest BCUT2D eigenvalue weighted by Crippen LogP contribution is -2.02. The SMILES string of the molecule is Cc1csc(C[C@H](C)O)c1Br. The van der Waals surface area contributed by atoms with Crippen molar-refractivity contribution in [2.45, 2.75) is 26.4 Å². The van der Waals surface area contributed by atoms with E-state index >= 15 is 0 Å². The van der Waals surface area contributed by atoms with Crippen molar-refractivity contribution in [3.63, 3.8) is 0 Å². The molecular formula is C8H11BrOS. The van der Waals surface area contributed by atoms with Gasteiger partial charge in [-0.25, -0.2) is 0 Å². The molecule has 1 atom stereocenters. The van der Waals surface area contributed by atoms with Gasteiger partial charge in [0.15, 0.2) is 0 Å². The maximum atomic E-state index is 9.13. The summed E-state index contributed by atoms with van der Waals surface area (Å²) in [5, 5.41) is 11.2. The Balaban J connectivity index is 2.79. The van der Waals surface area contributed by atoms with Crippen LogP contribution in [0.4, 0.5) is 0 Å². The van der Waals surface area contributed by atoms with Crippen LogP contribution in [-0.2, 0) is 6.42 Å². The van der Waals surface area contributed by atoms with Gasteiger partial charge in [-0.05, 0) is 40.7 Å². The Kier molecular flexibility index (Phi) is 3.10. The maximum absolute atomic E-state index is 9.13. The Morgan fingerprint density at radius 2 is 2.36 bits per heavy atom. The molecule has 0 aromatic carbocycles. The Morgan fingerprint density at radius 3 is 2.73 bits per heavy atom. The summed E-state index contributed by atoms with van der Waals surface area (Å²) in [5.74, 6) is 0. The normalized spacial score (nSPS) is 13.5. The van der Waals surface area contributed by atoms with Crippen molar-refractivity contribution >= 4 is 27.3 Å². The van der Waals surface area contributed by atoms with Crippen molar-refractivity contribution < 1.29 is 5.11 Å². The topological polar surface area (TPSA) is 20.2 Å². The Bertz CT molecular complexity index is 242. The molecule has 11 heavy (non-hydrogen) atoms. The molecule has 1 aromatic rings. The van der Waals surface area contributed by atoms with E-state index in [1.807, 2.05) is 6.92 Å². The van der Waals surface area contributed by atoms with E-state index in [9.17, 15) is 0 Å². The average Bonchev–Trinajstić information content (AvgIpc) is 2.18. The van der Waals surface area contributed by atoms with Gasteiger partial charge in [0.1, 0.15) is 0 Å². The summed E-state index contributed by atoms with van der Waals surface area (Å²) < 4.78 is 1.16. The molecule has 3 heteroatoms. The zero-order chi connectivity index (χ0) is 8.43. The molecular weight excluding hydrogens is 224 g/mol. The summed E-state index contributed by atoms with van der Waals surface area (Å²) >= 11 is 5.18. The molecule has 0 saturated carbocycles. The van der Waals surface area contributed by atoms with E-state index in [0.717, 1.165) is 10.9 Å². The van der Waals surface area contributed by atoms with Crippen LogP contribution in [0.1, 0.15) is 17.4 Å². The molecule has 0 spiro atoms. The fraction of sp³-hybridized carbons (Fsp3) is 0.500. The van der Waals surface area contributed by atoms with E-state index in [-0.39, 0.29) is 6.10 Å². The first-order chi connectivity index (χ1) is 5.11. The lowest BCUT2D eigenvalue weighted by atomic mass is 10.2. The summed E-state index contributed by atoms with van der Waals surface area (Å²) in [7, 11) is 0. The van der Waals surface area contributed by atoms with E-state index in [0.29, 0.717) is 0 Å². The van der Waals surface area contributed by atoms with Gasteiger partial charge in [-0.3, -0.25) is 0 Å². The third kappa shape index (κ3) is 2.29. The van der Waals surface area contributed by atoms with Crippen molar-refractivity contribution in [1.82, 2.24) is 0 Å². The highest BCUT2D eigenvalue weighted by atomic mass is 79.9. The van der Waals surface area contributed by atoms with Crippen molar-refractivity contribution in [3.8, 4) is 0 Å². The second-order valence-electron chi connectivity index (χ2n) is 2.71. The Hall–Kier alpha value is 0.140. The van der Waals surface area contributed by atoms with Crippen molar-refractivity contribution in [2.24, 2.45) is 0 Å². The largest absolute Gasteiger partial charge is 0.393 e. The molecule has 1 nitrogen and oxygen atoms in total. The first kappa shape index (κ1) is 9.23. The Labute approximate surface area is 79.2 Å². The van der Waals surface area contributed by atoms with Gasteiger partial charge in [0.2, 0.25) is 0 Å². The van der Waals surface area contributed by atoms with Crippen LogP contribution in [-0.4, -0.2) is 11.2 Å². The number of hydrogen-bond acceptors (Lipinski definition) is 2. The van der Waals surface area contributed by atoms with E-state index in [2.05, 4.69) is 28.2 Å². The van der Waals surface area contributed by atoms with Gasteiger partial charge >= 0.3 is 0 Å². The standard InChI is InChI=1S/C8H11BrOS/c1-5-4-11-7(8(5)9)3-6(2)10/h4,6,10H,3H2,1-2H3/t6-/m0/s1. The fourth-order valence-corrected chi connectivity index (χ4v) is 2.64. The molecule has 0 saturated heterocycles. The molecule has 0 aliphatic heterocycles. The highest BCUT2D eigenvalue weighted by Gasteiger charge is 2.07. The zero-order valence-corrected chi connectivity index (χ0v) is 9.00. The molecule has 1 aromatic heterocycles. The van der Waals surface area contributed by atoms with Crippen molar-refractivity contribution in [1.29, 1.82) is 0 Å². The minimum Gasteiger partial charge on any atom is -0.393 e. The second-order valence-corrected chi connectivity index (χ2v) is 4.47. The van der Waals surface area contributed by atoms with Crippen LogP contribution in [0.25, 0.3) is 0 Å². The number of aryl methyl sites for hydroxylation is 1. The van der Waals surface area contributed by atoms with Gasteiger partial charge in [0.05, 0.1) is 6.10 Å². The first-order valence-corrected chi connectivity index (χ1v) is 5.19. The molecule has 1 heterocycles. The Morgan fingerprint density at radius 1 is 1.73 bits per heavy atom. The number of hydrogen-bond donors (Lipinski definition) is 1. The van der Waals surface area contributed by atoms with Gasteiger partial charge in [-0.15, -0.1) is 11.3 Å². The molecule has 1 rings (SSSR count). The van der Waals surface area contributed by atoms with Crippen molar-refractivity contribution in [3.05, 3.63) is 20.3 Å². The van der Waals surface area contributed by atoms with Gasteiger partial charge in [0.25, 0.3) is 0 Å². The molecule has 0 radical (unpaired) electrons. The second kappa shape index (κ2) is 3.70. The summed E-state index contributed by atoms with van der Waals surface area (Å²) in [4.78, 5) is 1.23. The average molecular weight is 235 g/mol. The lowest BCUT2D eigenvalue weighted by molar-refractivity contribution is 0.196. The van der Waals surface area contributed by atoms with E-state index in [1.165, 1.54) is 10.4 Å². The molecule has 0 bridgehead atoms. The molecule has 0 aliphatic carbocycles. The quantitative estimate of drug-likeness (QED) is 0.835. The first-order valence-electron chi connectivity index (χ1n) is 3.51. The van der Waals surface area contributed by atoms with E-state index in [1.54, 1.807) is 11.3 Å². The van der Waals surface area contributed by atoms with E-state index in [4.69, 9.17) is 5.11 Å². The number of aliphatic hydroxyl groups excluding tert-OH is 1. The van der Waals surface area contributed by atoms with Crippen LogP contribution in [0.2, 0.25) is 0 Å². The minimum atomic E-state index is -0.246. The van der Waals surface area contributed by atoms with Crippen LogP contribution < -0.4 is 0 Å². The van der Waals surface area contributed by atoms with E-state index < -0.39 is 0 Å². The van der Waals surface area contributed by atoms with Crippen LogP contribution in [0, 0.1) is 6.92 Å². The summed E-state index contributed by atoms with van der Waals surface area (Å²) in [6.07, 6.45) is 0.503. The molecule has 0 amide bonds. The molecule has 1 N–H and O–H groups in total. The van der Waals surface area contributed by atoms with Gasteiger partial charge < -0.3 is 5.11 Å². The minimum absolute atomic E-state index is 0.246. The predicted octanol–water partition coefficient (Wildman–Crippen LogP) is 2.74.